The Balaban J connectivity index is 2.30. The Morgan fingerprint density at radius 2 is 2.00 bits per heavy atom. The van der Waals surface area contributed by atoms with Crippen LogP contribution in [0.3, 0.4) is 0 Å². The second-order valence-corrected chi connectivity index (χ2v) is 5.44. The van der Waals surface area contributed by atoms with Crippen molar-refractivity contribution in [2.24, 2.45) is 0 Å². The van der Waals surface area contributed by atoms with E-state index in [-0.39, 0.29) is 11.7 Å². The van der Waals surface area contributed by atoms with E-state index in [1.54, 1.807) is 4.57 Å². The predicted molar refractivity (Wildman–Crippen MR) is 83.5 cm³/mol. The number of nitrogens with zero attached hydrogens (tertiary/aromatic N) is 1. The molecule has 0 fully saturated rings. The molecule has 1 aromatic carbocycles. The van der Waals surface area contributed by atoms with Crippen LogP contribution in [0, 0.1) is 0 Å². The van der Waals surface area contributed by atoms with E-state index in [1.165, 1.54) is 0 Å². The molecule has 1 aromatic heterocycles. The Labute approximate surface area is 120 Å². The lowest BCUT2D eigenvalue weighted by atomic mass is 10.1. The van der Waals surface area contributed by atoms with Gasteiger partial charge in [-0.15, -0.1) is 0 Å². The molecule has 0 aliphatic rings. The number of benzene rings is 1. The summed E-state index contributed by atoms with van der Waals surface area (Å²) in [4.78, 5) is 12.4. The Morgan fingerprint density at radius 1 is 1.20 bits per heavy atom. The zero-order chi connectivity index (χ0) is 14.5. The second-order valence-electron chi connectivity index (χ2n) is 5.44. The van der Waals surface area contributed by atoms with Crippen LogP contribution in [-0.4, -0.2) is 10.7 Å². The first kappa shape index (κ1) is 14.6. The molecule has 0 aliphatic carbocycles. The predicted octanol–water partition coefficient (Wildman–Crippen LogP) is 3.98. The van der Waals surface area contributed by atoms with Crippen molar-refractivity contribution in [3.05, 3.63) is 40.8 Å². The molecule has 0 spiro atoms. The molecule has 108 valence electrons. The molecule has 1 heterocycles. The minimum absolute atomic E-state index is 0.0923. The third-order valence-electron chi connectivity index (χ3n) is 3.32. The van der Waals surface area contributed by atoms with E-state index in [4.69, 9.17) is 4.74 Å². The normalized spacial score (nSPS) is 11.2. The number of fused-ring (bicyclic) bond motifs is 1. The number of hydrogen-bond acceptors (Lipinski definition) is 2. The summed E-state index contributed by atoms with van der Waals surface area (Å²) in [5, 5.41) is 1.71. The lowest BCUT2D eigenvalue weighted by Crippen LogP contribution is -2.19. The van der Waals surface area contributed by atoms with Crippen molar-refractivity contribution in [1.29, 1.82) is 0 Å². The van der Waals surface area contributed by atoms with Crippen LogP contribution in [0.2, 0.25) is 0 Å². The van der Waals surface area contributed by atoms with E-state index in [9.17, 15) is 4.79 Å². The molecule has 0 radical (unpaired) electrons. The second kappa shape index (κ2) is 6.60. The topological polar surface area (TPSA) is 31.2 Å². The van der Waals surface area contributed by atoms with Crippen LogP contribution in [0.4, 0.5) is 0 Å². The minimum Gasteiger partial charge on any atom is -0.491 e. The zero-order valence-corrected chi connectivity index (χ0v) is 12.6. The molecule has 0 saturated carbocycles. The molecule has 0 unspecified atom stereocenters. The molecule has 0 atom stereocenters. The van der Waals surface area contributed by atoms with Crippen molar-refractivity contribution in [1.82, 2.24) is 4.57 Å². The molecule has 0 amide bonds. The fraction of sp³-hybridized carbons (Fsp3) is 0.471. The summed E-state index contributed by atoms with van der Waals surface area (Å²) in [5.74, 6) is 0.815. The van der Waals surface area contributed by atoms with Crippen LogP contribution >= 0.6 is 0 Å². The number of pyridine rings is 1. The van der Waals surface area contributed by atoms with Crippen LogP contribution in [0.15, 0.2) is 35.3 Å². The number of aryl methyl sites for hydroxylation is 1. The van der Waals surface area contributed by atoms with Crippen molar-refractivity contribution in [3.8, 4) is 5.75 Å². The van der Waals surface area contributed by atoms with Crippen molar-refractivity contribution in [2.45, 2.75) is 52.7 Å². The Kier molecular flexibility index (Phi) is 4.83. The third kappa shape index (κ3) is 3.41. The summed E-state index contributed by atoms with van der Waals surface area (Å²) in [5.41, 5.74) is 0.0923. The van der Waals surface area contributed by atoms with E-state index < -0.39 is 0 Å². The minimum atomic E-state index is 0.0923. The molecular formula is C17H23NO2. The Hall–Kier alpha value is -1.77. The number of hydrogen-bond donors (Lipinski definition) is 0. The molecular weight excluding hydrogens is 250 g/mol. The Morgan fingerprint density at radius 3 is 2.70 bits per heavy atom. The van der Waals surface area contributed by atoms with E-state index in [0.29, 0.717) is 0 Å². The lowest BCUT2D eigenvalue weighted by molar-refractivity contribution is 0.243. The van der Waals surface area contributed by atoms with Gasteiger partial charge in [0.05, 0.1) is 6.10 Å². The molecule has 0 aliphatic heterocycles. The van der Waals surface area contributed by atoms with Crippen LogP contribution in [-0.2, 0) is 6.54 Å². The van der Waals surface area contributed by atoms with Gasteiger partial charge < -0.3 is 9.30 Å². The van der Waals surface area contributed by atoms with Gasteiger partial charge in [-0.1, -0.05) is 19.8 Å². The van der Waals surface area contributed by atoms with Crippen molar-refractivity contribution >= 4 is 10.8 Å². The molecule has 0 N–H and O–H groups in total. The highest BCUT2D eigenvalue weighted by atomic mass is 16.5. The number of ether oxygens (including phenoxy) is 1. The van der Waals surface area contributed by atoms with Gasteiger partial charge in [0.2, 0.25) is 0 Å². The van der Waals surface area contributed by atoms with E-state index in [0.717, 1.165) is 42.3 Å². The number of unbranched alkanes of at least 4 members (excludes halogenated alkanes) is 2. The molecule has 0 saturated heterocycles. The first-order chi connectivity index (χ1) is 9.61. The van der Waals surface area contributed by atoms with E-state index >= 15 is 0 Å². The fourth-order valence-corrected chi connectivity index (χ4v) is 2.32. The average Bonchev–Trinajstić information content (AvgIpc) is 2.41. The lowest BCUT2D eigenvalue weighted by Gasteiger charge is -2.11. The van der Waals surface area contributed by atoms with Gasteiger partial charge >= 0.3 is 0 Å². The average molecular weight is 273 g/mol. The van der Waals surface area contributed by atoms with Crippen LogP contribution in [0.25, 0.3) is 10.8 Å². The highest BCUT2D eigenvalue weighted by Crippen LogP contribution is 2.19. The smallest absolute Gasteiger partial charge is 0.258 e. The molecule has 0 bridgehead atoms. The first-order valence-electron chi connectivity index (χ1n) is 7.41. The van der Waals surface area contributed by atoms with Gasteiger partial charge in [0, 0.05) is 18.1 Å². The molecule has 3 nitrogen and oxygen atoms in total. The third-order valence-corrected chi connectivity index (χ3v) is 3.32. The van der Waals surface area contributed by atoms with Crippen LogP contribution in [0.1, 0.15) is 40.0 Å². The maximum absolute atomic E-state index is 12.4. The maximum Gasteiger partial charge on any atom is 0.258 e. The summed E-state index contributed by atoms with van der Waals surface area (Å²) in [6.45, 7) is 6.96. The Bertz CT molecular complexity index is 628. The maximum atomic E-state index is 12.4. The van der Waals surface area contributed by atoms with Crippen molar-refractivity contribution in [3.63, 3.8) is 0 Å². The van der Waals surface area contributed by atoms with Crippen LogP contribution < -0.4 is 10.3 Å². The largest absolute Gasteiger partial charge is 0.491 e. The highest BCUT2D eigenvalue weighted by molar-refractivity contribution is 5.82. The summed E-state index contributed by atoms with van der Waals surface area (Å²) in [6.07, 6.45) is 5.40. The molecule has 2 aromatic rings. The first-order valence-corrected chi connectivity index (χ1v) is 7.41. The zero-order valence-electron chi connectivity index (χ0n) is 12.6. The highest BCUT2D eigenvalue weighted by Gasteiger charge is 2.05. The number of aromatic nitrogens is 1. The van der Waals surface area contributed by atoms with Gasteiger partial charge in [-0.3, -0.25) is 4.79 Å². The molecule has 2 rings (SSSR count). The van der Waals surface area contributed by atoms with Gasteiger partial charge in [0.25, 0.3) is 5.56 Å². The monoisotopic (exact) mass is 273 g/mol. The van der Waals surface area contributed by atoms with Crippen molar-refractivity contribution < 1.29 is 4.74 Å². The van der Waals surface area contributed by atoms with Gasteiger partial charge in [0.1, 0.15) is 5.75 Å². The SMILES string of the molecule is CCCCCn1ccc2cc(OC(C)C)ccc2c1=O. The summed E-state index contributed by atoms with van der Waals surface area (Å²) in [6, 6.07) is 7.68. The summed E-state index contributed by atoms with van der Waals surface area (Å²) >= 11 is 0. The molecule has 3 heteroatoms. The van der Waals surface area contributed by atoms with E-state index in [2.05, 4.69) is 6.92 Å². The quantitative estimate of drug-likeness (QED) is 0.745. The van der Waals surface area contributed by atoms with Gasteiger partial charge in [-0.2, -0.15) is 0 Å². The summed E-state index contributed by atoms with van der Waals surface area (Å²) in [7, 11) is 0. The number of rotatable bonds is 6. The van der Waals surface area contributed by atoms with Gasteiger partial charge in [0.15, 0.2) is 0 Å². The van der Waals surface area contributed by atoms with Crippen LogP contribution in [0.5, 0.6) is 5.75 Å². The van der Waals surface area contributed by atoms with E-state index in [1.807, 2.05) is 44.3 Å². The van der Waals surface area contributed by atoms with Crippen molar-refractivity contribution in [2.75, 3.05) is 0 Å². The fourth-order valence-electron chi connectivity index (χ4n) is 2.32. The standard InChI is InChI=1S/C17H23NO2/c1-4-5-6-10-18-11-9-14-12-15(20-13(2)3)7-8-16(14)17(18)19/h7-9,11-13H,4-6,10H2,1-3H3. The van der Waals surface area contributed by atoms with Gasteiger partial charge in [-0.05, 0) is 49.9 Å². The molecule has 20 heavy (non-hydrogen) atoms. The summed E-state index contributed by atoms with van der Waals surface area (Å²) < 4.78 is 7.47. The van der Waals surface area contributed by atoms with Gasteiger partial charge in [-0.25, -0.2) is 0 Å².